The third-order valence-corrected chi connectivity index (χ3v) is 15.6. The first-order valence-electron chi connectivity index (χ1n) is 29.0. The van der Waals surface area contributed by atoms with Gasteiger partial charge in [0.1, 0.15) is 20.0 Å². The van der Waals surface area contributed by atoms with Gasteiger partial charge in [-0.25, -0.2) is 16.8 Å². The number of carboxylic acids is 1. The molecule has 12 rings (SSSR count). The fraction of sp³-hybridized carbons (Fsp3) is 0.139. The standard InChI is InChI=1S/2C19H12N3O4S.C10H14BO2.C10H13.2C5H5N.C2H4O2.CH2O3.CH4.2K.2Pd.H/c2*23-22(24)15-8-10-16(11-9-15)27(25,26)21-17-5-1-3-13-6-7-14-4-2-12-20-19(14)18(13)17;1-10(2,3)8-4-6-9(7-5-8)13-11-12;1-10(2,3)9-7-5-4-6-8-9;2*1-2-4-6-5-3-1;1-2(3)4;2-1-4-3;;;;;;/h2*1-12H;4-7,12H,1-3H3;5-8H,1-3H3;2*1-5H;1H3,(H,3,4);1,3H;1H4;;;;;/q2*-1;;-1;;;;;;2*+1;;+2;-1/p-1. The average molecular weight is 1650 g/mol. The average Bonchev–Trinajstić information content (AvgIpc) is 0.776. The van der Waals surface area contributed by atoms with Crippen LogP contribution >= 0.6 is 0 Å². The number of aromatic nitrogens is 4. The fourth-order valence-corrected chi connectivity index (χ4v) is 10.4. The summed E-state index contributed by atoms with van der Waals surface area (Å²) in [4.78, 5) is 56.7. The Morgan fingerprint density at radius 3 is 1.16 bits per heavy atom. The van der Waals surface area contributed by atoms with E-state index in [9.17, 15) is 37.1 Å². The maximum Gasteiger partial charge on any atom is 2.00 e. The van der Waals surface area contributed by atoms with Crippen molar-refractivity contribution < 1.29 is 206 Å². The van der Waals surface area contributed by atoms with Crippen molar-refractivity contribution in [3.05, 3.63) is 302 Å². The monoisotopic (exact) mass is 1650 g/mol. The second-order valence-corrected chi connectivity index (χ2v) is 25.2. The Morgan fingerprint density at radius 1 is 0.539 bits per heavy atom. The van der Waals surface area contributed by atoms with E-state index in [1.54, 1.807) is 61.4 Å². The Morgan fingerprint density at radius 2 is 0.873 bits per heavy atom. The molecule has 0 aliphatic rings. The predicted octanol–water partition coefficient (Wildman–Crippen LogP) is 9.49. The number of hydrogen-bond acceptors (Lipinski definition) is 18. The third kappa shape index (κ3) is 31.9. The molecular weight excluding hydrogens is 1580 g/mol. The molecule has 0 amide bonds. The zero-order valence-electron chi connectivity index (χ0n) is 57.1. The molecule has 30 heteroatoms. The molecule has 23 nitrogen and oxygen atoms in total. The van der Waals surface area contributed by atoms with Crippen LogP contribution in [0, 0.1) is 26.3 Å². The number of aliphatic carboxylic acids is 1. The van der Waals surface area contributed by atoms with E-state index in [0.29, 0.717) is 35.2 Å². The number of rotatable bonds is 11. The number of benzene rings is 8. The molecular formula is C72H71BK2N8O15Pd2S2-. The number of hydrogen-bond donors (Lipinski definition) is 2. The second kappa shape index (κ2) is 48.1. The minimum Gasteiger partial charge on any atom is -1.00 e. The molecule has 4 aromatic heterocycles. The van der Waals surface area contributed by atoms with Crippen molar-refractivity contribution in [1.29, 1.82) is 0 Å². The summed E-state index contributed by atoms with van der Waals surface area (Å²) in [5.74, 6) is -0.185. The van der Waals surface area contributed by atoms with Crippen LogP contribution in [0.15, 0.2) is 265 Å². The van der Waals surface area contributed by atoms with Crippen LogP contribution in [0.2, 0.25) is 0 Å². The Bertz CT molecular complexity index is 4440. The van der Waals surface area contributed by atoms with Crippen LogP contribution in [0.25, 0.3) is 52.8 Å². The van der Waals surface area contributed by atoms with Crippen LogP contribution in [0.5, 0.6) is 5.75 Å². The van der Waals surface area contributed by atoms with Gasteiger partial charge in [0.25, 0.3) is 23.8 Å². The van der Waals surface area contributed by atoms with Crippen molar-refractivity contribution >= 4 is 106 Å². The van der Waals surface area contributed by atoms with Crippen molar-refractivity contribution in [1.82, 2.24) is 19.9 Å². The molecule has 0 spiro atoms. The van der Waals surface area contributed by atoms with E-state index in [-0.39, 0.29) is 202 Å². The molecule has 8 aromatic carbocycles. The number of carbonyl (C=O) groups excluding carboxylic acids is 1. The van der Waals surface area contributed by atoms with Gasteiger partial charge in [0.15, 0.2) is 0 Å². The van der Waals surface area contributed by atoms with Gasteiger partial charge in [0.05, 0.1) is 36.4 Å². The van der Waals surface area contributed by atoms with Gasteiger partial charge >= 0.3 is 131 Å². The summed E-state index contributed by atoms with van der Waals surface area (Å²) >= 11 is 0. The summed E-state index contributed by atoms with van der Waals surface area (Å²) in [7, 11) is -7.40. The maximum absolute atomic E-state index is 12.7. The number of nitro groups is 2. The Kier molecular flexibility index (Phi) is 44.8. The molecule has 102 heavy (non-hydrogen) atoms. The molecule has 0 bridgehead atoms. The SMILES string of the molecule is C.CC(=O)O.CC(C)(C)c1cc[c-]cc1.CC(C)(C)c1ccc(O[B]O)cc1.O=CO[O-].O=[N+]([O-])c1ccc(S(=O)(=O)[N-]c2cccc3ccc4cccnc4c23)cc1.O=[N+]([O-])c1ccc(S(=O)(=O)[N-]c2cccc3ccc4cccnc4c23)cc1.[H-].[K+].[K+].[Pd+2].[Pd].c1ccncc1.c1ccncc1. The van der Waals surface area contributed by atoms with Crippen LogP contribution in [0.3, 0.4) is 0 Å². The first kappa shape index (κ1) is 95.0. The first-order valence-corrected chi connectivity index (χ1v) is 31.9. The molecule has 0 atom stereocenters. The predicted molar refractivity (Wildman–Crippen MR) is 380 cm³/mol. The van der Waals surface area contributed by atoms with E-state index in [2.05, 4.69) is 94.0 Å². The maximum atomic E-state index is 12.7. The number of non-ortho nitro benzene ring substituents is 2. The van der Waals surface area contributed by atoms with Crippen LogP contribution in [-0.4, -0.2) is 76.9 Å². The van der Waals surface area contributed by atoms with Gasteiger partial charge in [-0.05, 0) is 111 Å². The topological polar surface area (TPSA) is 350 Å². The van der Waals surface area contributed by atoms with E-state index in [1.165, 1.54) is 35.4 Å². The number of nitrogens with zero attached hydrogens (tertiary/aromatic N) is 8. The minimum atomic E-state index is -4.04. The van der Waals surface area contributed by atoms with Gasteiger partial charge in [-0.2, -0.15) is 35.9 Å². The summed E-state index contributed by atoms with van der Waals surface area (Å²) in [5.41, 5.74) is 4.54. The van der Waals surface area contributed by atoms with Gasteiger partial charge in [-0.15, -0.1) is 11.4 Å². The van der Waals surface area contributed by atoms with Gasteiger partial charge in [-0.1, -0.05) is 146 Å². The van der Waals surface area contributed by atoms with Crippen LogP contribution in [-0.2, 0) is 86.2 Å². The normalized spacial score (nSPS) is 10.0. The first-order chi connectivity index (χ1) is 46.2. The van der Waals surface area contributed by atoms with E-state index in [1.807, 2.05) is 133 Å². The van der Waals surface area contributed by atoms with Gasteiger partial charge in [0.2, 0.25) is 0 Å². The molecule has 0 unspecified atom stereocenters. The third-order valence-electron chi connectivity index (χ3n) is 13.0. The van der Waals surface area contributed by atoms with Gasteiger partial charge in [-0.3, -0.25) is 49.8 Å². The van der Waals surface area contributed by atoms with Crippen molar-refractivity contribution in [2.75, 3.05) is 0 Å². The number of sulfonamides is 2. The molecule has 1 radical (unpaired) electrons. The van der Waals surface area contributed by atoms with Crippen molar-refractivity contribution in [2.24, 2.45) is 0 Å². The van der Waals surface area contributed by atoms with E-state index in [4.69, 9.17) is 29.6 Å². The summed E-state index contributed by atoms with van der Waals surface area (Å²) in [5, 5.41) is 50.4. The van der Waals surface area contributed by atoms with Gasteiger partial charge < -0.3 is 35.8 Å². The number of carbonyl (C=O) groups is 2. The smallest absolute Gasteiger partial charge is 1.00 e. The van der Waals surface area contributed by atoms with Crippen LogP contribution < -0.4 is 113 Å². The van der Waals surface area contributed by atoms with Crippen molar-refractivity contribution in [3.8, 4) is 5.75 Å². The Hall–Kier alpha value is -6.98. The zero-order valence-corrected chi connectivity index (χ0v) is 67.1. The summed E-state index contributed by atoms with van der Waals surface area (Å²) < 4.78 is 63.6. The van der Waals surface area contributed by atoms with Crippen molar-refractivity contribution in [3.63, 3.8) is 0 Å². The Labute approximate surface area is 708 Å². The largest absolute Gasteiger partial charge is 2.00 e. The molecule has 4 heterocycles. The van der Waals surface area contributed by atoms with Crippen LogP contribution in [0.1, 0.15) is 68.4 Å². The van der Waals surface area contributed by atoms with E-state index < -0.39 is 35.9 Å². The Balaban J connectivity index is 0. The summed E-state index contributed by atoms with van der Waals surface area (Å²) in [6.07, 6.45) is 10.3. The number of nitro benzene ring substituents is 2. The zero-order chi connectivity index (χ0) is 71.0. The molecule has 0 aliphatic heterocycles. The second-order valence-electron chi connectivity index (χ2n) is 22.0. The molecule has 0 saturated heterocycles. The number of fused-ring (bicyclic) bond motifs is 6. The van der Waals surface area contributed by atoms with Crippen molar-refractivity contribution in [2.45, 2.75) is 76.5 Å². The van der Waals surface area contributed by atoms with Crippen LogP contribution in [0.4, 0.5) is 22.7 Å². The molecule has 527 valence electrons. The number of pyridine rings is 4. The van der Waals surface area contributed by atoms with Gasteiger partial charge in [0, 0.05) is 99.6 Å². The molecule has 0 saturated carbocycles. The molecule has 0 aliphatic carbocycles. The quantitative estimate of drug-likeness (QED) is 0.0231. The molecule has 2 N–H and O–H groups in total. The van der Waals surface area contributed by atoms with E-state index >= 15 is 0 Å². The molecule has 12 aromatic rings. The summed E-state index contributed by atoms with van der Waals surface area (Å²) in [6.45, 7) is 14.0. The number of carboxylic acid groups (broad SMARTS) is 1. The van der Waals surface area contributed by atoms with E-state index in [0.717, 1.165) is 52.7 Å². The summed E-state index contributed by atoms with van der Waals surface area (Å²) in [6, 6.07) is 64.9. The molecule has 0 fully saturated rings. The fourth-order valence-electron chi connectivity index (χ4n) is 8.39. The minimum absolute atomic E-state index is 0.